The predicted molar refractivity (Wildman–Crippen MR) is 245 cm³/mol. The van der Waals surface area contributed by atoms with Crippen LogP contribution in [0, 0.1) is 41.0 Å². The number of pyridine rings is 6. The summed E-state index contributed by atoms with van der Waals surface area (Å²) in [5.74, 6) is 0. The molecule has 36 heteroatoms. The van der Waals surface area contributed by atoms with Crippen molar-refractivity contribution in [3.63, 3.8) is 0 Å². The number of ether oxygens (including phenoxy) is 4. The Bertz CT molecular complexity index is 2250. The Hall–Kier alpha value is -3.86. The maximum absolute atomic E-state index is 8.49. The summed E-state index contributed by atoms with van der Waals surface area (Å²) >= 11 is 0. The van der Waals surface area contributed by atoms with Crippen molar-refractivity contribution in [1.29, 1.82) is 0 Å². The Morgan fingerprint density at radius 2 is 0.488 bits per heavy atom. The first kappa shape index (κ1) is 80.2. The van der Waals surface area contributed by atoms with E-state index in [1.807, 2.05) is 73.3 Å². The number of fused-ring (bicyclic) bond motifs is 4. The van der Waals surface area contributed by atoms with Crippen LogP contribution in [0.4, 0.5) is 0 Å². The molecule has 0 unspecified atom stereocenters. The van der Waals surface area contributed by atoms with Crippen LogP contribution in [-0.2, 0) is 105 Å². The average Bonchev–Trinajstić information content (AvgIpc) is 3.50. The van der Waals surface area contributed by atoms with Crippen LogP contribution in [0.2, 0.25) is 0 Å². The van der Waals surface area contributed by atoms with E-state index in [1.54, 1.807) is 0 Å². The van der Waals surface area contributed by atoms with Crippen LogP contribution < -0.4 is 74.5 Å². The van der Waals surface area contributed by atoms with E-state index < -0.39 is 41.0 Å². The van der Waals surface area contributed by atoms with Crippen LogP contribution in [0.1, 0.15) is 45.6 Å². The third kappa shape index (κ3) is 48.1. The van der Waals surface area contributed by atoms with Gasteiger partial charge < -0.3 is 18.9 Å². The normalized spacial score (nSPS) is 15.7. The molecule has 0 atom stereocenters. The van der Waals surface area contributed by atoms with Gasteiger partial charge in [0.05, 0.1) is 98.4 Å². The first-order valence-electron chi connectivity index (χ1n) is 24.9. The number of aromatic nitrogens is 6. The Morgan fingerprint density at radius 3 is 0.663 bits per heavy atom. The summed E-state index contributed by atoms with van der Waals surface area (Å²) in [5.41, 5.74) is 8.42. The van der Waals surface area contributed by atoms with Gasteiger partial charge in [-0.2, -0.15) is 0 Å². The summed E-state index contributed by atoms with van der Waals surface area (Å²) in [5, 5.41) is 0. The zero-order chi connectivity index (χ0) is 61.7. The van der Waals surface area contributed by atoms with Gasteiger partial charge in [0, 0.05) is 103 Å². The molecule has 482 valence electrons. The smallest absolute Gasteiger partial charge is 0.378 e. The molecule has 0 saturated carbocycles. The monoisotopic (exact) mass is 1390 g/mol. The summed E-state index contributed by atoms with van der Waals surface area (Å²) in [4.78, 5) is 37.2. The number of hydrogen-bond donors (Lipinski definition) is 0. The van der Waals surface area contributed by atoms with E-state index in [0.29, 0.717) is 52.9 Å². The molecule has 6 aromatic rings. The maximum Gasteiger partial charge on any atom is 2.00 e. The summed E-state index contributed by atoms with van der Waals surface area (Å²) in [6.45, 7) is 14.3. The van der Waals surface area contributed by atoms with Crippen LogP contribution in [0.15, 0.2) is 134 Å². The first-order valence-corrected chi connectivity index (χ1v) is 29.8. The van der Waals surface area contributed by atoms with Gasteiger partial charge in [-0.05, 0) is 72.8 Å². The van der Waals surface area contributed by atoms with E-state index >= 15 is 0 Å². The standard InChI is InChI=1S/2C25H31N5O2.4ClHO4.2Cu/c2*1-3-10-26-22(6-1)18-29-12-14-31-16-17-32-15-13-30(19-23-7-2-4-11-27-23)21-25-9-5-8-24(20-29)28-25;4*2-1(3,4)5;;/h2*1-11H,12-21H2;4*(H,2,3,4,5);;/q;;;;;;2*+2/p-4. The molecule has 0 N–H and O–H groups in total. The maximum atomic E-state index is 8.49. The van der Waals surface area contributed by atoms with Gasteiger partial charge in [-0.15, -0.1) is 41.0 Å². The minimum atomic E-state index is -4.94. The fraction of sp³-hybridized carbons (Fsp3) is 0.400. The van der Waals surface area contributed by atoms with Crippen molar-refractivity contribution in [3.8, 4) is 0 Å². The van der Waals surface area contributed by atoms with Crippen LogP contribution >= 0.6 is 0 Å². The third-order valence-electron chi connectivity index (χ3n) is 10.7. The molecule has 86 heavy (non-hydrogen) atoms. The molecule has 0 fully saturated rings. The van der Waals surface area contributed by atoms with E-state index in [1.165, 1.54) is 0 Å². The zero-order valence-electron chi connectivity index (χ0n) is 45.6. The minimum absolute atomic E-state index is 0. The molecule has 0 saturated heterocycles. The largest absolute Gasteiger partial charge is 2.00 e. The molecule has 0 amide bonds. The molecule has 2 aliphatic heterocycles. The topological polar surface area (TPSA) is 496 Å². The number of rotatable bonds is 8. The SMILES string of the molecule is [Cu+2].[Cu+2].[O-][Cl+3]([O-])([O-])[O-].[O-][Cl+3]([O-])([O-])[O-].[O-][Cl+3]([O-])([O-])[O-].[O-][Cl+3]([O-])([O-])[O-].c1ccc(CN2CCOCCOCCN(Cc3ccccn3)Cc3cccc(n3)C2)nc1.c1ccc(CN2CCOCCOCCN(Cc3ccccn3)Cc3cccc(n3)C2)nc1. The van der Waals surface area contributed by atoms with Crippen molar-refractivity contribution < 1.29 is 169 Å². The van der Waals surface area contributed by atoms with Crippen LogP contribution in [0.5, 0.6) is 0 Å². The molecule has 8 heterocycles. The second kappa shape index (κ2) is 44.6. The molecule has 30 nitrogen and oxygen atoms in total. The molecule has 0 aromatic carbocycles. The van der Waals surface area contributed by atoms with Crippen LogP contribution in [0.3, 0.4) is 0 Å². The molecular weight excluding hydrogens is 1330 g/mol. The molecule has 4 bridgehead atoms. The van der Waals surface area contributed by atoms with Crippen molar-refractivity contribution in [2.75, 3.05) is 79.0 Å². The molecule has 0 spiro atoms. The third-order valence-corrected chi connectivity index (χ3v) is 10.7. The van der Waals surface area contributed by atoms with Gasteiger partial charge in [0.2, 0.25) is 0 Å². The zero-order valence-corrected chi connectivity index (χ0v) is 50.5. The molecule has 0 aliphatic carbocycles. The van der Waals surface area contributed by atoms with Gasteiger partial charge in [-0.25, -0.2) is 74.5 Å². The van der Waals surface area contributed by atoms with Crippen molar-refractivity contribution >= 4 is 0 Å². The molecule has 6 aromatic heterocycles. The summed E-state index contributed by atoms with van der Waals surface area (Å²) < 4.78 is 159. The van der Waals surface area contributed by atoms with Gasteiger partial charge in [0.25, 0.3) is 0 Å². The van der Waals surface area contributed by atoms with Crippen molar-refractivity contribution in [2.45, 2.75) is 52.4 Å². The summed E-state index contributed by atoms with van der Waals surface area (Å²) in [6, 6.07) is 36.7. The van der Waals surface area contributed by atoms with E-state index in [4.69, 9.17) is 103 Å². The van der Waals surface area contributed by atoms with E-state index in [-0.39, 0.29) is 34.1 Å². The van der Waals surface area contributed by atoms with E-state index in [2.05, 4.69) is 100 Å². The average molecular weight is 1390 g/mol. The molecule has 8 rings (SSSR count). The van der Waals surface area contributed by atoms with Crippen molar-refractivity contribution in [2.24, 2.45) is 0 Å². The van der Waals surface area contributed by atoms with E-state index in [9.17, 15) is 0 Å². The quantitative estimate of drug-likeness (QED) is 0.128. The Kier molecular flexibility index (Phi) is 41.5. The van der Waals surface area contributed by atoms with Gasteiger partial charge in [-0.1, -0.05) is 36.4 Å². The second-order valence-electron chi connectivity index (χ2n) is 17.3. The fourth-order valence-electron chi connectivity index (χ4n) is 7.48. The first-order chi connectivity index (χ1) is 39.7. The number of hydrogen-bond acceptors (Lipinski definition) is 30. The van der Waals surface area contributed by atoms with Gasteiger partial charge in [0.1, 0.15) is 0 Å². The summed E-state index contributed by atoms with van der Waals surface area (Å²) in [6.07, 6.45) is 7.36. The van der Waals surface area contributed by atoms with E-state index in [0.717, 1.165) is 124 Å². The number of nitrogens with zero attached hydrogens (tertiary/aromatic N) is 10. The van der Waals surface area contributed by atoms with Crippen LogP contribution in [0.25, 0.3) is 0 Å². The summed E-state index contributed by atoms with van der Waals surface area (Å²) in [7, 11) is -19.8. The van der Waals surface area contributed by atoms with Crippen molar-refractivity contribution in [1.82, 2.24) is 49.5 Å². The fourth-order valence-corrected chi connectivity index (χ4v) is 7.48. The number of halogens is 4. The Balaban J connectivity index is 0.000000642. The van der Waals surface area contributed by atoms with Crippen LogP contribution in [-0.4, -0.2) is 129 Å². The molecule has 2 radical (unpaired) electrons. The molecule has 2 aliphatic rings. The minimum Gasteiger partial charge on any atom is -0.378 e. The predicted octanol–water partition coefficient (Wildman–Crippen LogP) is -13.2. The Labute approximate surface area is 526 Å². The van der Waals surface area contributed by atoms with Gasteiger partial charge >= 0.3 is 34.1 Å². The van der Waals surface area contributed by atoms with Crippen molar-refractivity contribution in [3.05, 3.63) is 180 Å². The Morgan fingerprint density at radius 1 is 0.291 bits per heavy atom. The van der Waals surface area contributed by atoms with Gasteiger partial charge in [-0.3, -0.25) is 49.5 Å². The second-order valence-corrected chi connectivity index (χ2v) is 20.4. The molecular formula is C50H62Cl4Cu2N10O20. The van der Waals surface area contributed by atoms with Gasteiger partial charge in [0.15, 0.2) is 0 Å².